The Balaban J connectivity index is 1.79. The van der Waals surface area contributed by atoms with Gasteiger partial charge in [-0.1, -0.05) is 25.1 Å². The van der Waals surface area contributed by atoms with E-state index in [2.05, 4.69) is 16.8 Å². The van der Waals surface area contributed by atoms with Gasteiger partial charge in [0.25, 0.3) is 0 Å². The van der Waals surface area contributed by atoms with E-state index in [0.29, 0.717) is 11.8 Å². The topological polar surface area (TPSA) is 49.5 Å². The molecule has 0 bridgehead atoms. The second kappa shape index (κ2) is 6.63. The molecule has 1 aliphatic heterocycles. The molecule has 1 saturated heterocycles. The minimum atomic E-state index is 0.212. The molecule has 0 spiro atoms. The van der Waals surface area contributed by atoms with Gasteiger partial charge in [0.05, 0.1) is 12.3 Å². The molecule has 118 valence electrons. The monoisotopic (exact) mass is 300 g/mol. The van der Waals surface area contributed by atoms with Crippen molar-refractivity contribution in [2.75, 3.05) is 13.2 Å². The van der Waals surface area contributed by atoms with Gasteiger partial charge in [0.2, 0.25) is 5.89 Å². The summed E-state index contributed by atoms with van der Waals surface area (Å²) in [6.07, 6.45) is 2.37. The number of rotatable bonds is 4. The Morgan fingerprint density at radius 3 is 2.82 bits per heavy atom. The number of aliphatic hydroxyl groups is 1. The summed E-state index contributed by atoms with van der Waals surface area (Å²) in [6, 6.07) is 10.2. The lowest BCUT2D eigenvalue weighted by Gasteiger charge is -2.38. The normalized spacial score (nSPS) is 22.9. The third kappa shape index (κ3) is 3.08. The lowest BCUT2D eigenvalue weighted by Crippen LogP contribution is -2.46. The van der Waals surface area contributed by atoms with Gasteiger partial charge in [0, 0.05) is 18.2 Å². The van der Waals surface area contributed by atoms with Crippen LogP contribution in [0.3, 0.4) is 0 Å². The van der Waals surface area contributed by atoms with Gasteiger partial charge in [-0.25, -0.2) is 4.98 Å². The van der Waals surface area contributed by atoms with Gasteiger partial charge in [0.1, 0.15) is 5.76 Å². The van der Waals surface area contributed by atoms with E-state index in [1.54, 1.807) is 0 Å². The van der Waals surface area contributed by atoms with Crippen molar-refractivity contribution in [3.05, 3.63) is 41.8 Å². The molecule has 1 aromatic carbocycles. The molecule has 2 heterocycles. The van der Waals surface area contributed by atoms with E-state index in [-0.39, 0.29) is 12.6 Å². The van der Waals surface area contributed by atoms with Crippen LogP contribution in [0.15, 0.2) is 34.7 Å². The van der Waals surface area contributed by atoms with Crippen molar-refractivity contribution in [1.29, 1.82) is 0 Å². The lowest BCUT2D eigenvalue weighted by molar-refractivity contribution is 0.0462. The van der Waals surface area contributed by atoms with Crippen LogP contribution in [0.25, 0.3) is 11.5 Å². The highest BCUT2D eigenvalue weighted by atomic mass is 16.4. The standard InChI is InChI=1S/C18H24N2O2/c1-13-7-6-10-20(17(13)12-21)11-16-14(2)22-18(19-16)15-8-4-3-5-9-15/h3-5,8-9,13,17,21H,6-7,10-12H2,1-2H3. The first-order chi connectivity index (χ1) is 10.7. The van der Waals surface area contributed by atoms with Gasteiger partial charge in [-0.15, -0.1) is 0 Å². The van der Waals surface area contributed by atoms with Crippen molar-refractivity contribution in [2.45, 2.75) is 39.3 Å². The first-order valence-corrected chi connectivity index (χ1v) is 8.05. The minimum absolute atomic E-state index is 0.212. The average Bonchev–Trinajstić information content (AvgIpc) is 2.90. The zero-order valence-corrected chi connectivity index (χ0v) is 13.3. The van der Waals surface area contributed by atoms with Crippen molar-refractivity contribution in [3.63, 3.8) is 0 Å². The zero-order valence-electron chi connectivity index (χ0n) is 13.3. The number of aliphatic hydroxyl groups excluding tert-OH is 1. The number of likely N-dealkylation sites (tertiary alicyclic amines) is 1. The Bertz CT molecular complexity index is 609. The van der Waals surface area contributed by atoms with E-state index in [9.17, 15) is 5.11 Å². The van der Waals surface area contributed by atoms with Crippen LogP contribution in [0.1, 0.15) is 31.2 Å². The Morgan fingerprint density at radius 2 is 2.09 bits per heavy atom. The van der Waals surface area contributed by atoms with Crippen LogP contribution in [0.2, 0.25) is 0 Å². The van der Waals surface area contributed by atoms with Crippen molar-refractivity contribution in [1.82, 2.24) is 9.88 Å². The van der Waals surface area contributed by atoms with Crippen LogP contribution >= 0.6 is 0 Å². The summed E-state index contributed by atoms with van der Waals surface area (Å²) in [7, 11) is 0. The maximum absolute atomic E-state index is 9.68. The van der Waals surface area contributed by atoms with Crippen molar-refractivity contribution in [2.24, 2.45) is 5.92 Å². The average molecular weight is 300 g/mol. The molecule has 0 saturated carbocycles. The number of piperidine rings is 1. The number of hydrogen-bond acceptors (Lipinski definition) is 4. The summed E-state index contributed by atoms with van der Waals surface area (Å²) in [5, 5.41) is 9.68. The molecule has 22 heavy (non-hydrogen) atoms. The highest BCUT2D eigenvalue weighted by molar-refractivity contribution is 5.53. The quantitative estimate of drug-likeness (QED) is 0.941. The van der Waals surface area contributed by atoms with E-state index >= 15 is 0 Å². The molecule has 1 aliphatic rings. The Hall–Kier alpha value is -1.65. The van der Waals surface area contributed by atoms with Gasteiger partial charge >= 0.3 is 0 Å². The minimum Gasteiger partial charge on any atom is -0.441 e. The summed E-state index contributed by atoms with van der Waals surface area (Å²) < 4.78 is 5.84. The van der Waals surface area contributed by atoms with Crippen molar-refractivity contribution >= 4 is 0 Å². The summed E-state index contributed by atoms with van der Waals surface area (Å²) in [5.41, 5.74) is 1.98. The van der Waals surface area contributed by atoms with Crippen LogP contribution in [0.4, 0.5) is 0 Å². The van der Waals surface area contributed by atoms with E-state index in [4.69, 9.17) is 4.42 Å². The number of aromatic nitrogens is 1. The molecular weight excluding hydrogens is 276 g/mol. The van der Waals surface area contributed by atoms with Crippen LogP contribution in [-0.4, -0.2) is 34.2 Å². The largest absolute Gasteiger partial charge is 0.441 e. The summed E-state index contributed by atoms with van der Waals surface area (Å²) >= 11 is 0. The number of oxazole rings is 1. The number of nitrogens with zero attached hydrogens (tertiary/aromatic N) is 2. The summed E-state index contributed by atoms with van der Waals surface area (Å²) in [6.45, 7) is 6.16. The van der Waals surface area contributed by atoms with Crippen molar-refractivity contribution < 1.29 is 9.52 Å². The molecule has 0 aliphatic carbocycles. The molecule has 1 fully saturated rings. The third-order valence-corrected chi connectivity index (χ3v) is 4.68. The van der Waals surface area contributed by atoms with Gasteiger partial charge < -0.3 is 9.52 Å². The van der Waals surface area contributed by atoms with Crippen LogP contribution in [-0.2, 0) is 6.54 Å². The predicted octanol–water partition coefficient (Wildman–Crippen LogP) is 3.24. The number of hydrogen-bond donors (Lipinski definition) is 1. The van der Waals surface area contributed by atoms with Crippen molar-refractivity contribution in [3.8, 4) is 11.5 Å². The fourth-order valence-corrected chi connectivity index (χ4v) is 3.30. The molecule has 0 amide bonds. The van der Waals surface area contributed by atoms with Crippen LogP contribution in [0.5, 0.6) is 0 Å². The highest BCUT2D eigenvalue weighted by Gasteiger charge is 2.29. The summed E-state index contributed by atoms with van der Waals surface area (Å²) in [5.74, 6) is 2.08. The van der Waals surface area contributed by atoms with Crippen LogP contribution in [0, 0.1) is 12.8 Å². The van der Waals surface area contributed by atoms with E-state index in [1.165, 1.54) is 12.8 Å². The van der Waals surface area contributed by atoms with E-state index in [0.717, 1.165) is 30.1 Å². The molecule has 2 unspecified atom stereocenters. The SMILES string of the molecule is Cc1oc(-c2ccccc2)nc1CN1CCCC(C)C1CO. The molecular formula is C18H24N2O2. The molecule has 3 rings (SSSR count). The second-order valence-corrected chi connectivity index (χ2v) is 6.23. The molecule has 1 N–H and O–H groups in total. The van der Waals surface area contributed by atoms with Crippen LogP contribution < -0.4 is 0 Å². The molecule has 4 nitrogen and oxygen atoms in total. The van der Waals surface area contributed by atoms with Gasteiger partial charge in [-0.05, 0) is 44.4 Å². The predicted molar refractivity (Wildman–Crippen MR) is 86.4 cm³/mol. The maximum atomic E-state index is 9.68. The van der Waals surface area contributed by atoms with E-state index in [1.807, 2.05) is 37.3 Å². The Kier molecular flexibility index (Phi) is 4.60. The van der Waals surface area contributed by atoms with E-state index < -0.39 is 0 Å². The number of benzene rings is 1. The smallest absolute Gasteiger partial charge is 0.226 e. The first kappa shape index (κ1) is 15.3. The Morgan fingerprint density at radius 1 is 1.32 bits per heavy atom. The zero-order chi connectivity index (χ0) is 15.5. The lowest BCUT2D eigenvalue weighted by atomic mass is 9.91. The molecule has 0 radical (unpaired) electrons. The van der Waals surface area contributed by atoms with Gasteiger partial charge in [-0.3, -0.25) is 4.90 Å². The molecule has 2 aromatic rings. The summed E-state index contributed by atoms with van der Waals surface area (Å²) in [4.78, 5) is 7.02. The second-order valence-electron chi connectivity index (χ2n) is 6.23. The maximum Gasteiger partial charge on any atom is 0.226 e. The Labute approximate surface area is 131 Å². The fourth-order valence-electron chi connectivity index (χ4n) is 3.30. The molecule has 2 atom stereocenters. The first-order valence-electron chi connectivity index (χ1n) is 8.05. The van der Waals surface area contributed by atoms with Gasteiger partial charge in [0.15, 0.2) is 0 Å². The number of aryl methyl sites for hydroxylation is 1. The molecule has 1 aromatic heterocycles. The third-order valence-electron chi connectivity index (χ3n) is 4.68. The highest BCUT2D eigenvalue weighted by Crippen LogP contribution is 2.27. The van der Waals surface area contributed by atoms with Gasteiger partial charge in [-0.2, -0.15) is 0 Å². The fraction of sp³-hybridized carbons (Fsp3) is 0.500. The molecule has 4 heteroatoms.